The lowest BCUT2D eigenvalue weighted by Crippen LogP contribution is -2.27. The van der Waals surface area contributed by atoms with Gasteiger partial charge >= 0.3 is 5.97 Å². The number of ether oxygens (including phenoxy) is 1. The van der Waals surface area contributed by atoms with Crippen LogP contribution in [-0.2, 0) is 17.6 Å². The molecule has 0 saturated carbocycles. The van der Waals surface area contributed by atoms with Crippen molar-refractivity contribution in [2.24, 2.45) is 0 Å². The van der Waals surface area contributed by atoms with Crippen LogP contribution < -0.4 is 10.1 Å². The van der Waals surface area contributed by atoms with Gasteiger partial charge in [0, 0.05) is 12.1 Å². The van der Waals surface area contributed by atoms with Crippen molar-refractivity contribution in [2.75, 3.05) is 13.7 Å². The molecule has 0 fully saturated rings. The topological polar surface area (TPSA) is 88.8 Å². The van der Waals surface area contributed by atoms with Crippen molar-refractivity contribution < 1.29 is 23.8 Å². The number of carbonyl (C=O) groups excluding carboxylic acids is 1. The van der Waals surface area contributed by atoms with Gasteiger partial charge in [0.15, 0.2) is 0 Å². The van der Waals surface area contributed by atoms with Crippen LogP contribution in [0.5, 0.6) is 5.75 Å². The first-order chi connectivity index (χ1) is 11.4. The quantitative estimate of drug-likeness (QED) is 0.814. The Kier molecular flexibility index (Phi) is 5.63. The molecule has 24 heavy (non-hydrogen) atoms. The summed E-state index contributed by atoms with van der Waals surface area (Å²) in [7, 11) is 1.61. The third-order valence-corrected chi connectivity index (χ3v) is 3.71. The van der Waals surface area contributed by atoms with E-state index in [1.165, 1.54) is 6.26 Å². The smallest absolute Gasteiger partial charge is 0.311 e. The van der Waals surface area contributed by atoms with Crippen molar-refractivity contribution in [3.8, 4) is 5.75 Å². The lowest BCUT2D eigenvalue weighted by atomic mass is 10.1. The first-order valence-electron chi connectivity index (χ1n) is 7.62. The molecule has 1 amide bonds. The van der Waals surface area contributed by atoms with E-state index in [1.807, 2.05) is 25.1 Å². The molecule has 2 N–H and O–H groups in total. The first-order valence-corrected chi connectivity index (χ1v) is 7.62. The Morgan fingerprint density at radius 1 is 1.29 bits per heavy atom. The fraction of sp³-hybridized carbons (Fsp3) is 0.333. The van der Waals surface area contributed by atoms with Crippen LogP contribution >= 0.6 is 0 Å². The van der Waals surface area contributed by atoms with E-state index in [0.29, 0.717) is 24.1 Å². The van der Waals surface area contributed by atoms with Gasteiger partial charge < -0.3 is 19.6 Å². The van der Waals surface area contributed by atoms with Crippen LogP contribution in [-0.4, -0.2) is 30.6 Å². The number of carboxylic acids is 1. The summed E-state index contributed by atoms with van der Waals surface area (Å²) in [5.41, 5.74) is 3.05. The second-order valence-electron chi connectivity index (χ2n) is 5.61. The largest absolute Gasteiger partial charge is 0.496 e. The molecular formula is C18H21NO5. The van der Waals surface area contributed by atoms with Crippen LogP contribution in [0.25, 0.3) is 0 Å². The molecule has 6 heteroatoms. The zero-order valence-corrected chi connectivity index (χ0v) is 14.0. The summed E-state index contributed by atoms with van der Waals surface area (Å²) in [5.74, 6) is -0.418. The molecule has 0 aliphatic carbocycles. The maximum Gasteiger partial charge on any atom is 0.311 e. The third-order valence-electron chi connectivity index (χ3n) is 3.71. The molecule has 1 aromatic heterocycles. The Morgan fingerprint density at radius 2 is 2.04 bits per heavy atom. The highest BCUT2D eigenvalue weighted by atomic mass is 16.5. The molecule has 0 bridgehead atoms. The SMILES string of the molecule is COc1ccc(C)cc1CCNC(=O)c1c(C)coc1CC(=O)O. The van der Waals surface area contributed by atoms with E-state index in [0.717, 1.165) is 16.9 Å². The second kappa shape index (κ2) is 7.68. The van der Waals surface area contributed by atoms with Gasteiger partial charge in [-0.25, -0.2) is 0 Å². The monoisotopic (exact) mass is 331 g/mol. The molecule has 0 spiro atoms. The summed E-state index contributed by atoms with van der Waals surface area (Å²) in [6, 6.07) is 5.88. The predicted molar refractivity (Wildman–Crippen MR) is 88.6 cm³/mol. The molecule has 0 aliphatic rings. The maximum atomic E-state index is 12.3. The number of furan rings is 1. The van der Waals surface area contributed by atoms with Crippen LogP contribution in [0.4, 0.5) is 0 Å². The van der Waals surface area contributed by atoms with Crippen molar-refractivity contribution in [3.05, 3.63) is 52.5 Å². The van der Waals surface area contributed by atoms with E-state index in [2.05, 4.69) is 5.32 Å². The summed E-state index contributed by atoms with van der Waals surface area (Å²) in [6.07, 6.45) is 1.70. The minimum atomic E-state index is -1.04. The van der Waals surface area contributed by atoms with E-state index < -0.39 is 5.97 Å². The Bertz CT molecular complexity index is 748. The van der Waals surface area contributed by atoms with Gasteiger partial charge in [-0.1, -0.05) is 17.7 Å². The summed E-state index contributed by atoms with van der Waals surface area (Å²) in [5, 5.41) is 11.7. The highest BCUT2D eigenvalue weighted by Gasteiger charge is 2.20. The molecule has 2 aromatic rings. The van der Waals surface area contributed by atoms with Crippen LogP contribution in [0, 0.1) is 13.8 Å². The van der Waals surface area contributed by atoms with E-state index in [1.54, 1.807) is 14.0 Å². The number of rotatable bonds is 7. The number of amides is 1. The maximum absolute atomic E-state index is 12.3. The molecule has 0 unspecified atom stereocenters. The summed E-state index contributed by atoms with van der Waals surface area (Å²) >= 11 is 0. The van der Waals surface area contributed by atoms with Crippen LogP contribution in [0.3, 0.4) is 0 Å². The van der Waals surface area contributed by atoms with Gasteiger partial charge in [0.25, 0.3) is 5.91 Å². The molecule has 0 saturated heterocycles. The molecular weight excluding hydrogens is 310 g/mol. The summed E-state index contributed by atoms with van der Waals surface area (Å²) < 4.78 is 10.5. The molecule has 6 nitrogen and oxygen atoms in total. The van der Waals surface area contributed by atoms with Crippen molar-refractivity contribution in [3.63, 3.8) is 0 Å². The minimum Gasteiger partial charge on any atom is -0.496 e. The van der Waals surface area contributed by atoms with Crippen molar-refractivity contribution in [2.45, 2.75) is 26.7 Å². The molecule has 1 aromatic carbocycles. The molecule has 0 aliphatic heterocycles. The van der Waals surface area contributed by atoms with E-state index in [4.69, 9.17) is 14.3 Å². The number of carboxylic acid groups (broad SMARTS) is 1. The Labute approximate surface area is 140 Å². The Balaban J connectivity index is 2.03. The predicted octanol–water partition coefficient (Wildman–Crippen LogP) is 2.50. The van der Waals surface area contributed by atoms with Crippen molar-refractivity contribution in [1.29, 1.82) is 0 Å². The summed E-state index contributed by atoms with van der Waals surface area (Å²) in [4.78, 5) is 23.2. The zero-order valence-electron chi connectivity index (χ0n) is 14.0. The number of aliphatic carboxylic acids is 1. The van der Waals surface area contributed by atoms with Gasteiger partial charge in [0.1, 0.15) is 17.9 Å². The van der Waals surface area contributed by atoms with Crippen LogP contribution in [0.15, 0.2) is 28.9 Å². The highest BCUT2D eigenvalue weighted by Crippen LogP contribution is 2.20. The lowest BCUT2D eigenvalue weighted by Gasteiger charge is -2.10. The van der Waals surface area contributed by atoms with E-state index in [9.17, 15) is 9.59 Å². The summed E-state index contributed by atoms with van der Waals surface area (Å²) in [6.45, 7) is 4.12. The number of aryl methyl sites for hydroxylation is 2. The standard InChI is InChI=1S/C18H21NO5/c1-11-4-5-14(23-3)13(8-11)6-7-19-18(22)17-12(2)10-24-15(17)9-16(20)21/h4-5,8,10H,6-7,9H2,1-3H3,(H,19,22)(H,20,21). The molecule has 0 radical (unpaired) electrons. The first kappa shape index (κ1) is 17.6. The van der Waals surface area contributed by atoms with E-state index >= 15 is 0 Å². The van der Waals surface area contributed by atoms with Crippen LogP contribution in [0.1, 0.15) is 32.8 Å². The van der Waals surface area contributed by atoms with Crippen molar-refractivity contribution in [1.82, 2.24) is 5.32 Å². The van der Waals surface area contributed by atoms with Gasteiger partial charge in [-0.05, 0) is 31.9 Å². The minimum absolute atomic E-state index is 0.172. The highest BCUT2D eigenvalue weighted by molar-refractivity contribution is 5.97. The number of methoxy groups -OCH3 is 1. The van der Waals surface area contributed by atoms with Gasteiger partial charge in [-0.15, -0.1) is 0 Å². The van der Waals surface area contributed by atoms with Crippen molar-refractivity contribution >= 4 is 11.9 Å². The average Bonchev–Trinajstić information content (AvgIpc) is 2.87. The molecule has 1 heterocycles. The molecule has 0 atom stereocenters. The number of benzene rings is 1. The Hall–Kier alpha value is -2.76. The lowest BCUT2D eigenvalue weighted by molar-refractivity contribution is -0.136. The molecule has 128 valence electrons. The Morgan fingerprint density at radius 3 is 2.71 bits per heavy atom. The third kappa shape index (κ3) is 4.16. The number of nitrogens with one attached hydrogen (secondary N) is 1. The fourth-order valence-electron chi connectivity index (χ4n) is 2.57. The zero-order chi connectivity index (χ0) is 17.7. The number of carbonyl (C=O) groups is 2. The van der Waals surface area contributed by atoms with Gasteiger partial charge in [-0.3, -0.25) is 9.59 Å². The average molecular weight is 331 g/mol. The van der Waals surface area contributed by atoms with Gasteiger partial charge in [0.05, 0.1) is 18.9 Å². The fourth-order valence-corrected chi connectivity index (χ4v) is 2.57. The van der Waals surface area contributed by atoms with Crippen LogP contribution in [0.2, 0.25) is 0 Å². The van der Waals surface area contributed by atoms with E-state index in [-0.39, 0.29) is 18.1 Å². The number of hydrogen-bond donors (Lipinski definition) is 2. The van der Waals surface area contributed by atoms with Gasteiger partial charge in [0.2, 0.25) is 0 Å². The second-order valence-corrected chi connectivity index (χ2v) is 5.61. The molecule has 2 rings (SSSR count). The normalized spacial score (nSPS) is 10.5. The van der Waals surface area contributed by atoms with Gasteiger partial charge in [-0.2, -0.15) is 0 Å². The number of hydrogen-bond acceptors (Lipinski definition) is 4.